The summed E-state index contributed by atoms with van der Waals surface area (Å²) in [6.45, 7) is 0. The predicted octanol–water partition coefficient (Wildman–Crippen LogP) is 4.24. The Balaban J connectivity index is 1.74. The van der Waals surface area contributed by atoms with Gasteiger partial charge in [-0.15, -0.1) is 23.2 Å². The molecule has 0 spiro atoms. The third-order valence-corrected chi connectivity index (χ3v) is 11.5. The van der Waals surface area contributed by atoms with Gasteiger partial charge in [0.15, 0.2) is 4.33 Å². The molecule has 10 unspecified atom stereocenters. The van der Waals surface area contributed by atoms with E-state index in [1.54, 1.807) is 0 Å². The molecule has 0 aliphatic heterocycles. The van der Waals surface area contributed by atoms with Crippen molar-refractivity contribution in [3.05, 3.63) is 22.2 Å². The van der Waals surface area contributed by atoms with E-state index in [0.717, 1.165) is 6.42 Å². The molecule has 0 aromatic heterocycles. The number of hydrogen-bond acceptors (Lipinski definition) is 2. The van der Waals surface area contributed by atoms with Crippen LogP contribution in [0.15, 0.2) is 22.2 Å². The van der Waals surface area contributed by atoms with Gasteiger partial charge in [0.25, 0.3) is 0 Å². The number of halogens is 6. The molecule has 0 radical (unpaired) electrons. The van der Waals surface area contributed by atoms with E-state index in [1.165, 1.54) is 0 Å². The quantitative estimate of drug-likeness (QED) is 0.428. The number of aliphatic hydroxyl groups excluding tert-OH is 2. The molecule has 2 nitrogen and oxygen atoms in total. The molecule has 3 saturated carbocycles. The molecule has 2 N–H and O–H groups in total. The SMILES string of the molecule is OC1C2C3C=CC(C3)C2C(O)C2C1C1(Cl)C(Cl)=C(Cl)C2(Cl)C1(Cl)Cl. The molecular formula is C16H14Cl6O2. The fourth-order valence-electron chi connectivity index (χ4n) is 6.30. The molecule has 132 valence electrons. The van der Waals surface area contributed by atoms with Crippen LogP contribution in [0.2, 0.25) is 0 Å². The highest BCUT2D eigenvalue weighted by Gasteiger charge is 2.86. The van der Waals surface area contributed by atoms with E-state index in [9.17, 15) is 10.2 Å². The fourth-order valence-corrected chi connectivity index (χ4v) is 9.37. The molecule has 24 heavy (non-hydrogen) atoms. The molecule has 0 amide bonds. The summed E-state index contributed by atoms with van der Waals surface area (Å²) < 4.78 is -1.72. The highest BCUT2D eigenvalue weighted by molar-refractivity contribution is 6.65. The zero-order chi connectivity index (χ0) is 17.4. The van der Waals surface area contributed by atoms with Crippen molar-refractivity contribution < 1.29 is 10.2 Å². The Hall–Kier alpha value is 1.14. The van der Waals surface area contributed by atoms with Gasteiger partial charge in [-0.2, -0.15) is 0 Å². The number of fused-ring (bicyclic) bond motifs is 10. The van der Waals surface area contributed by atoms with Crippen molar-refractivity contribution >= 4 is 69.6 Å². The van der Waals surface area contributed by atoms with Crippen LogP contribution >= 0.6 is 69.6 Å². The van der Waals surface area contributed by atoms with Crippen LogP contribution in [0.1, 0.15) is 6.42 Å². The van der Waals surface area contributed by atoms with Gasteiger partial charge in [0.2, 0.25) is 0 Å². The van der Waals surface area contributed by atoms with Crippen LogP contribution in [0.25, 0.3) is 0 Å². The summed E-state index contributed by atoms with van der Waals surface area (Å²) in [5.41, 5.74) is 0. The Bertz CT molecular complexity index is 653. The third kappa shape index (κ3) is 1.46. The normalized spacial score (nSPS) is 62.3. The molecule has 5 aliphatic rings. The van der Waals surface area contributed by atoms with Gasteiger partial charge in [-0.25, -0.2) is 0 Å². The van der Waals surface area contributed by atoms with Crippen molar-refractivity contribution in [2.75, 3.05) is 0 Å². The monoisotopic (exact) mass is 448 g/mol. The van der Waals surface area contributed by atoms with Crippen LogP contribution in [0.5, 0.6) is 0 Å². The average molecular weight is 451 g/mol. The minimum atomic E-state index is -1.72. The van der Waals surface area contributed by atoms with E-state index in [-0.39, 0.29) is 33.7 Å². The van der Waals surface area contributed by atoms with Gasteiger partial charge >= 0.3 is 0 Å². The molecule has 0 saturated heterocycles. The molecule has 8 heteroatoms. The van der Waals surface area contributed by atoms with Crippen molar-refractivity contribution in [2.45, 2.75) is 32.7 Å². The van der Waals surface area contributed by atoms with Gasteiger partial charge in [0, 0.05) is 11.8 Å². The maximum Gasteiger partial charge on any atom is 0.167 e. The van der Waals surface area contributed by atoms with Crippen LogP contribution in [-0.2, 0) is 0 Å². The summed E-state index contributed by atoms with van der Waals surface area (Å²) in [5, 5.41) is 22.6. The maximum atomic E-state index is 11.2. The molecule has 0 aromatic carbocycles. The molecule has 4 bridgehead atoms. The van der Waals surface area contributed by atoms with E-state index in [4.69, 9.17) is 69.6 Å². The average Bonchev–Trinajstić information content (AvgIpc) is 3.19. The van der Waals surface area contributed by atoms with Crippen LogP contribution < -0.4 is 0 Å². The smallest absolute Gasteiger partial charge is 0.167 e. The largest absolute Gasteiger partial charge is 0.392 e. The summed E-state index contributed by atoms with van der Waals surface area (Å²) >= 11 is 39.7. The van der Waals surface area contributed by atoms with Crippen molar-refractivity contribution in [1.82, 2.24) is 0 Å². The number of rotatable bonds is 0. The zero-order valence-corrected chi connectivity index (χ0v) is 16.7. The molecular weight excluding hydrogens is 437 g/mol. The minimum Gasteiger partial charge on any atom is -0.392 e. The Morgan fingerprint density at radius 2 is 1.17 bits per heavy atom. The Kier molecular flexibility index (Phi) is 3.42. The third-order valence-electron chi connectivity index (χ3n) is 7.16. The first-order chi connectivity index (χ1) is 11.1. The molecule has 5 aliphatic carbocycles. The molecule has 5 rings (SSSR count). The summed E-state index contributed by atoms with van der Waals surface area (Å²) in [6, 6.07) is 0. The number of allylic oxidation sites excluding steroid dienone is 4. The second-order valence-corrected chi connectivity index (χ2v) is 11.0. The van der Waals surface area contributed by atoms with E-state index in [2.05, 4.69) is 12.2 Å². The highest BCUT2D eigenvalue weighted by Crippen LogP contribution is 2.79. The lowest BCUT2D eigenvalue weighted by Crippen LogP contribution is -2.60. The maximum absolute atomic E-state index is 11.2. The van der Waals surface area contributed by atoms with Crippen molar-refractivity contribution in [2.24, 2.45) is 35.5 Å². The summed E-state index contributed by atoms with van der Waals surface area (Å²) in [7, 11) is 0. The topological polar surface area (TPSA) is 40.5 Å². The van der Waals surface area contributed by atoms with Gasteiger partial charge < -0.3 is 10.2 Å². The number of aliphatic hydroxyl groups is 2. The summed E-state index contributed by atoms with van der Waals surface area (Å²) in [5.74, 6) is -1.09. The minimum absolute atomic E-state index is 0.0791. The van der Waals surface area contributed by atoms with Crippen LogP contribution in [0.4, 0.5) is 0 Å². The van der Waals surface area contributed by atoms with Crippen molar-refractivity contribution in [3.8, 4) is 0 Å². The predicted molar refractivity (Wildman–Crippen MR) is 97.0 cm³/mol. The fraction of sp³-hybridized carbons (Fsp3) is 0.750. The summed E-state index contributed by atoms with van der Waals surface area (Å²) in [4.78, 5) is -3.03. The lowest BCUT2D eigenvalue weighted by molar-refractivity contribution is -0.121. The van der Waals surface area contributed by atoms with Crippen LogP contribution in [-0.4, -0.2) is 36.5 Å². The highest BCUT2D eigenvalue weighted by atomic mass is 35.5. The van der Waals surface area contributed by atoms with Gasteiger partial charge in [0.05, 0.1) is 22.3 Å². The molecule has 0 aromatic rings. The summed E-state index contributed by atoms with van der Waals surface area (Å²) in [6.07, 6.45) is 3.54. The first-order valence-corrected chi connectivity index (χ1v) is 10.2. The molecule has 0 heterocycles. The Morgan fingerprint density at radius 1 is 0.792 bits per heavy atom. The first-order valence-electron chi connectivity index (χ1n) is 7.96. The van der Waals surface area contributed by atoms with Crippen molar-refractivity contribution in [3.63, 3.8) is 0 Å². The Labute approximate surface area is 169 Å². The van der Waals surface area contributed by atoms with Gasteiger partial charge in [-0.05, 0) is 30.1 Å². The zero-order valence-electron chi connectivity index (χ0n) is 12.1. The van der Waals surface area contributed by atoms with E-state index in [0.29, 0.717) is 0 Å². The molecule has 3 fully saturated rings. The van der Waals surface area contributed by atoms with Gasteiger partial charge in [0.1, 0.15) is 9.75 Å². The van der Waals surface area contributed by atoms with E-state index >= 15 is 0 Å². The number of hydrogen-bond donors (Lipinski definition) is 2. The van der Waals surface area contributed by atoms with Crippen molar-refractivity contribution in [1.29, 1.82) is 0 Å². The van der Waals surface area contributed by atoms with Gasteiger partial charge in [-0.3, -0.25) is 0 Å². The lowest BCUT2D eigenvalue weighted by atomic mass is 9.58. The second-order valence-electron chi connectivity index (χ2n) is 7.76. The first kappa shape index (κ1) is 17.3. The standard InChI is InChI=1S/C16H14Cl6O2/c17-12-13(18)15(20)9-8(14(12,19)16(15,21)22)10(23)6-4-1-2-5(3-4)7(6)11(9)24/h1-2,4-11,23-24H,3H2. The lowest BCUT2D eigenvalue weighted by Gasteiger charge is -2.52. The second kappa shape index (κ2) is 4.75. The van der Waals surface area contributed by atoms with E-state index in [1.807, 2.05) is 0 Å². The molecule has 10 atom stereocenters. The Morgan fingerprint density at radius 3 is 1.54 bits per heavy atom. The van der Waals surface area contributed by atoms with Gasteiger partial charge in [-0.1, -0.05) is 58.6 Å². The van der Waals surface area contributed by atoms with E-state index < -0.39 is 38.1 Å². The van der Waals surface area contributed by atoms with Crippen LogP contribution in [0, 0.1) is 35.5 Å². The number of alkyl halides is 4. The van der Waals surface area contributed by atoms with Crippen LogP contribution in [0.3, 0.4) is 0 Å².